The van der Waals surface area contributed by atoms with Crippen molar-refractivity contribution in [2.45, 2.75) is 6.18 Å². The van der Waals surface area contributed by atoms with Crippen molar-refractivity contribution in [1.29, 1.82) is 0 Å². The van der Waals surface area contributed by atoms with Gasteiger partial charge in [0.15, 0.2) is 0 Å². The monoisotopic (exact) mass is 332 g/mol. The Balaban J connectivity index is 2.06. The highest BCUT2D eigenvalue weighted by Crippen LogP contribution is 2.29. The highest BCUT2D eigenvalue weighted by atomic mass is 35.5. The molecular formula is C14H9Cl2F3N2. The summed E-state index contributed by atoms with van der Waals surface area (Å²) in [6.45, 7) is 0. The maximum absolute atomic E-state index is 12.4. The van der Waals surface area contributed by atoms with Gasteiger partial charge in [-0.3, -0.25) is 5.43 Å². The van der Waals surface area contributed by atoms with Gasteiger partial charge in [0.05, 0.1) is 27.5 Å². The predicted molar refractivity (Wildman–Crippen MR) is 79.1 cm³/mol. The number of hydrogen-bond acceptors (Lipinski definition) is 2. The summed E-state index contributed by atoms with van der Waals surface area (Å²) in [7, 11) is 0. The Morgan fingerprint density at radius 2 is 1.67 bits per heavy atom. The largest absolute Gasteiger partial charge is 0.416 e. The second-order valence-corrected chi connectivity index (χ2v) is 4.87. The smallest absolute Gasteiger partial charge is 0.279 e. The van der Waals surface area contributed by atoms with Crippen LogP contribution in [0.15, 0.2) is 47.6 Å². The Labute approximate surface area is 129 Å². The number of hydrazone groups is 1. The van der Waals surface area contributed by atoms with E-state index < -0.39 is 11.7 Å². The van der Waals surface area contributed by atoms with E-state index in [2.05, 4.69) is 10.5 Å². The van der Waals surface area contributed by atoms with Crippen LogP contribution >= 0.6 is 23.2 Å². The number of nitrogens with one attached hydrogen (secondary N) is 1. The van der Waals surface area contributed by atoms with E-state index in [9.17, 15) is 13.2 Å². The molecule has 1 N–H and O–H groups in total. The van der Waals surface area contributed by atoms with E-state index in [0.29, 0.717) is 21.3 Å². The van der Waals surface area contributed by atoms with Crippen LogP contribution in [-0.4, -0.2) is 6.21 Å². The fraction of sp³-hybridized carbons (Fsp3) is 0.0714. The van der Waals surface area contributed by atoms with Gasteiger partial charge in [-0.15, -0.1) is 0 Å². The Kier molecular flexibility index (Phi) is 4.75. The van der Waals surface area contributed by atoms with Crippen molar-refractivity contribution >= 4 is 35.1 Å². The fourth-order valence-corrected chi connectivity index (χ4v) is 1.89. The molecule has 2 nitrogen and oxygen atoms in total. The van der Waals surface area contributed by atoms with E-state index in [1.807, 2.05) is 0 Å². The van der Waals surface area contributed by atoms with Crippen molar-refractivity contribution in [3.05, 3.63) is 63.6 Å². The maximum Gasteiger partial charge on any atom is 0.416 e. The zero-order valence-electron chi connectivity index (χ0n) is 10.5. The molecule has 2 aromatic rings. The highest BCUT2D eigenvalue weighted by molar-refractivity contribution is 6.43. The van der Waals surface area contributed by atoms with E-state index >= 15 is 0 Å². The Hall–Kier alpha value is -1.72. The molecule has 110 valence electrons. The Morgan fingerprint density at radius 1 is 1.00 bits per heavy atom. The van der Waals surface area contributed by atoms with Gasteiger partial charge in [0, 0.05) is 5.56 Å². The molecule has 0 unspecified atom stereocenters. The molecule has 2 rings (SSSR count). The Morgan fingerprint density at radius 3 is 2.29 bits per heavy atom. The second-order valence-electron chi connectivity index (χ2n) is 4.09. The molecular weight excluding hydrogens is 324 g/mol. The molecule has 0 saturated carbocycles. The molecule has 0 aromatic heterocycles. The lowest BCUT2D eigenvalue weighted by molar-refractivity contribution is -0.137. The van der Waals surface area contributed by atoms with Gasteiger partial charge in [-0.1, -0.05) is 35.3 Å². The molecule has 0 spiro atoms. The second kappa shape index (κ2) is 6.37. The highest BCUT2D eigenvalue weighted by Gasteiger charge is 2.29. The molecule has 2 aromatic carbocycles. The minimum absolute atomic E-state index is 0.358. The first-order chi connectivity index (χ1) is 9.88. The maximum atomic E-state index is 12.4. The van der Waals surface area contributed by atoms with Crippen LogP contribution in [0.4, 0.5) is 18.9 Å². The summed E-state index contributed by atoms with van der Waals surface area (Å²) >= 11 is 11.8. The van der Waals surface area contributed by atoms with Gasteiger partial charge in [0.25, 0.3) is 0 Å². The third-order valence-electron chi connectivity index (χ3n) is 2.59. The average molecular weight is 333 g/mol. The first kappa shape index (κ1) is 15.7. The molecule has 0 fully saturated rings. The first-order valence-corrected chi connectivity index (χ1v) is 6.54. The summed E-state index contributed by atoms with van der Waals surface area (Å²) in [6, 6.07) is 9.61. The minimum Gasteiger partial charge on any atom is -0.279 e. The number of anilines is 1. The first-order valence-electron chi connectivity index (χ1n) is 5.78. The van der Waals surface area contributed by atoms with E-state index in [-0.39, 0.29) is 0 Å². The number of alkyl halides is 3. The van der Waals surface area contributed by atoms with Crippen LogP contribution in [0, 0.1) is 0 Å². The van der Waals surface area contributed by atoms with Crippen molar-refractivity contribution in [3.63, 3.8) is 0 Å². The molecule has 0 amide bonds. The van der Waals surface area contributed by atoms with Crippen molar-refractivity contribution in [2.24, 2.45) is 5.10 Å². The normalized spacial score (nSPS) is 11.9. The van der Waals surface area contributed by atoms with E-state index in [1.54, 1.807) is 18.2 Å². The summed E-state index contributed by atoms with van der Waals surface area (Å²) < 4.78 is 37.2. The van der Waals surface area contributed by atoms with E-state index in [4.69, 9.17) is 23.2 Å². The van der Waals surface area contributed by atoms with Crippen LogP contribution in [-0.2, 0) is 6.18 Å². The van der Waals surface area contributed by atoms with Crippen molar-refractivity contribution in [2.75, 3.05) is 5.43 Å². The standard InChI is InChI=1S/C14H9Cl2F3N2/c15-12-3-1-2-9(13(12)16)8-20-21-11-6-4-10(5-7-11)14(17,18)19/h1-8,21H. The molecule has 0 aliphatic rings. The average Bonchev–Trinajstić information content (AvgIpc) is 2.43. The van der Waals surface area contributed by atoms with E-state index in [1.165, 1.54) is 18.3 Å². The topological polar surface area (TPSA) is 24.4 Å². The van der Waals surface area contributed by atoms with Gasteiger partial charge in [-0.05, 0) is 30.3 Å². The number of rotatable bonds is 3. The van der Waals surface area contributed by atoms with Gasteiger partial charge in [-0.2, -0.15) is 18.3 Å². The molecule has 0 heterocycles. The molecule has 0 radical (unpaired) electrons. The fourth-order valence-electron chi connectivity index (χ4n) is 1.53. The Bertz CT molecular complexity index is 652. The van der Waals surface area contributed by atoms with Crippen LogP contribution in [0.5, 0.6) is 0 Å². The van der Waals surface area contributed by atoms with Gasteiger partial charge >= 0.3 is 6.18 Å². The van der Waals surface area contributed by atoms with Crippen molar-refractivity contribution < 1.29 is 13.2 Å². The predicted octanol–water partition coefficient (Wildman–Crippen LogP) is 5.46. The molecule has 7 heteroatoms. The molecule has 0 atom stereocenters. The summed E-state index contributed by atoms with van der Waals surface area (Å²) in [5.41, 5.74) is 2.93. The van der Waals surface area contributed by atoms with Crippen LogP contribution in [0.2, 0.25) is 10.0 Å². The van der Waals surface area contributed by atoms with Gasteiger partial charge < -0.3 is 0 Å². The van der Waals surface area contributed by atoms with Crippen LogP contribution < -0.4 is 5.43 Å². The summed E-state index contributed by atoms with van der Waals surface area (Å²) in [5.74, 6) is 0. The van der Waals surface area contributed by atoms with E-state index in [0.717, 1.165) is 12.1 Å². The molecule has 0 aliphatic carbocycles. The SMILES string of the molecule is FC(F)(F)c1ccc(NN=Cc2cccc(Cl)c2Cl)cc1. The van der Waals surface area contributed by atoms with Crippen molar-refractivity contribution in [3.8, 4) is 0 Å². The third kappa shape index (κ3) is 4.12. The number of halogens is 5. The molecule has 21 heavy (non-hydrogen) atoms. The lowest BCUT2D eigenvalue weighted by Crippen LogP contribution is -2.04. The third-order valence-corrected chi connectivity index (χ3v) is 3.42. The quantitative estimate of drug-likeness (QED) is 0.585. The zero-order chi connectivity index (χ0) is 15.5. The summed E-state index contributed by atoms with van der Waals surface area (Å²) in [6.07, 6.45) is -2.91. The number of nitrogens with zero attached hydrogens (tertiary/aromatic N) is 1. The summed E-state index contributed by atoms with van der Waals surface area (Å²) in [4.78, 5) is 0. The minimum atomic E-state index is -4.35. The number of benzene rings is 2. The molecule has 0 aliphatic heterocycles. The van der Waals surface area contributed by atoms with Crippen LogP contribution in [0.1, 0.15) is 11.1 Å². The molecule has 0 saturated heterocycles. The molecule has 0 bridgehead atoms. The number of hydrogen-bond donors (Lipinski definition) is 1. The zero-order valence-corrected chi connectivity index (χ0v) is 12.0. The van der Waals surface area contributed by atoms with Crippen molar-refractivity contribution in [1.82, 2.24) is 0 Å². The van der Waals surface area contributed by atoms with Gasteiger partial charge in [0.1, 0.15) is 0 Å². The van der Waals surface area contributed by atoms with Gasteiger partial charge in [0.2, 0.25) is 0 Å². The summed E-state index contributed by atoms with van der Waals surface area (Å²) in [5, 5.41) is 4.66. The lowest BCUT2D eigenvalue weighted by Gasteiger charge is -2.07. The lowest BCUT2D eigenvalue weighted by atomic mass is 10.2. The van der Waals surface area contributed by atoms with Gasteiger partial charge in [-0.25, -0.2) is 0 Å². The van der Waals surface area contributed by atoms with Crippen LogP contribution in [0.3, 0.4) is 0 Å². The van der Waals surface area contributed by atoms with Crippen LogP contribution in [0.25, 0.3) is 0 Å².